The summed E-state index contributed by atoms with van der Waals surface area (Å²) >= 11 is 0. The van der Waals surface area contributed by atoms with Crippen LogP contribution < -0.4 is 0 Å². The topological polar surface area (TPSA) is 91.7 Å². The molecule has 31 heavy (non-hydrogen) atoms. The first kappa shape index (κ1) is 21.7. The quantitative estimate of drug-likeness (QED) is 0.588. The second kappa shape index (κ2) is 9.72. The second-order valence-corrected chi connectivity index (χ2v) is 8.62. The fourth-order valence-electron chi connectivity index (χ4n) is 4.30. The van der Waals surface area contributed by atoms with Gasteiger partial charge in [-0.25, -0.2) is 0 Å². The summed E-state index contributed by atoms with van der Waals surface area (Å²) in [5.74, 6) is 2.32. The first-order valence-electron chi connectivity index (χ1n) is 10.9. The van der Waals surface area contributed by atoms with Gasteiger partial charge in [-0.05, 0) is 52.7 Å². The molecule has 3 heterocycles. The maximum atomic E-state index is 9.57. The third-order valence-corrected chi connectivity index (χ3v) is 5.80. The molecule has 1 aliphatic heterocycles. The predicted octanol–water partition coefficient (Wildman–Crippen LogP) is 3.22. The number of aryl methyl sites for hydroxylation is 1. The molecule has 1 atom stereocenters. The van der Waals surface area contributed by atoms with E-state index in [1.54, 1.807) is 0 Å². The van der Waals surface area contributed by atoms with Gasteiger partial charge in [0.25, 0.3) is 5.89 Å². The van der Waals surface area contributed by atoms with Crippen molar-refractivity contribution in [2.45, 2.75) is 39.3 Å². The molecule has 1 N–H and O–H groups in total. The van der Waals surface area contributed by atoms with E-state index in [1.165, 1.54) is 0 Å². The van der Waals surface area contributed by atoms with Crippen LogP contribution in [-0.2, 0) is 6.54 Å². The van der Waals surface area contributed by atoms with E-state index in [0.717, 1.165) is 50.1 Å². The van der Waals surface area contributed by atoms with E-state index in [0.29, 0.717) is 35.7 Å². The Balaban J connectivity index is 1.37. The molecule has 0 saturated carbocycles. The predicted molar refractivity (Wildman–Crippen MR) is 117 cm³/mol. The number of piperidine rings is 1. The normalized spacial score (nSPS) is 16.8. The van der Waals surface area contributed by atoms with Crippen LogP contribution in [0.3, 0.4) is 0 Å². The maximum absolute atomic E-state index is 9.57. The molecular formula is C23H31N5O3. The highest BCUT2D eigenvalue weighted by Crippen LogP contribution is 2.33. The van der Waals surface area contributed by atoms with Crippen LogP contribution in [0.4, 0.5) is 0 Å². The highest BCUT2D eigenvalue weighted by Gasteiger charge is 2.24. The molecule has 0 amide bonds. The summed E-state index contributed by atoms with van der Waals surface area (Å²) in [6.45, 7) is 8.15. The first-order valence-corrected chi connectivity index (χ1v) is 10.9. The molecule has 0 bridgehead atoms. The average molecular weight is 426 g/mol. The van der Waals surface area contributed by atoms with Crippen molar-refractivity contribution in [1.82, 2.24) is 25.2 Å². The number of hydrogen-bond acceptors (Lipinski definition) is 8. The Labute approximate surface area is 182 Å². The molecule has 0 spiro atoms. The lowest BCUT2D eigenvalue weighted by Gasteiger charge is -2.34. The van der Waals surface area contributed by atoms with Gasteiger partial charge in [-0.3, -0.25) is 4.90 Å². The zero-order valence-corrected chi connectivity index (χ0v) is 18.5. The summed E-state index contributed by atoms with van der Waals surface area (Å²) in [5, 5.41) is 22.3. The third-order valence-electron chi connectivity index (χ3n) is 5.80. The summed E-state index contributed by atoms with van der Waals surface area (Å²) in [7, 11) is 2.09. The number of hydrogen-bond donors (Lipinski definition) is 1. The van der Waals surface area contributed by atoms with Crippen molar-refractivity contribution in [3.8, 4) is 22.7 Å². The van der Waals surface area contributed by atoms with Crippen molar-refractivity contribution in [3.05, 3.63) is 42.0 Å². The number of aliphatic hydroxyl groups excluding tert-OH is 1. The van der Waals surface area contributed by atoms with E-state index in [4.69, 9.17) is 8.94 Å². The molecule has 4 rings (SSSR count). The number of β-amino-alcohol motifs (C(OH)–C–C–N with tert-alkyl or cyclic N) is 1. The van der Waals surface area contributed by atoms with Gasteiger partial charge >= 0.3 is 0 Å². The summed E-state index contributed by atoms with van der Waals surface area (Å²) in [4.78, 5) is 4.59. The maximum Gasteiger partial charge on any atom is 0.253 e. The van der Waals surface area contributed by atoms with Crippen molar-refractivity contribution in [3.63, 3.8) is 0 Å². The number of nitrogens with zero attached hydrogens (tertiary/aromatic N) is 5. The second-order valence-electron chi connectivity index (χ2n) is 8.62. The monoisotopic (exact) mass is 425 g/mol. The van der Waals surface area contributed by atoms with Crippen molar-refractivity contribution in [1.29, 1.82) is 0 Å². The van der Waals surface area contributed by atoms with Crippen molar-refractivity contribution in [2.75, 3.05) is 33.2 Å². The Morgan fingerprint density at radius 3 is 2.65 bits per heavy atom. The molecule has 166 valence electrons. The molecular weight excluding hydrogens is 394 g/mol. The van der Waals surface area contributed by atoms with E-state index in [9.17, 15) is 5.11 Å². The van der Waals surface area contributed by atoms with Crippen LogP contribution in [0.5, 0.6) is 0 Å². The van der Waals surface area contributed by atoms with Crippen LogP contribution >= 0.6 is 0 Å². The smallest absolute Gasteiger partial charge is 0.253 e. The minimum absolute atomic E-state index is 0.262. The Kier molecular flexibility index (Phi) is 6.80. The summed E-state index contributed by atoms with van der Waals surface area (Å²) in [5.41, 5.74) is 2.41. The Hall–Kier alpha value is -2.55. The number of aliphatic hydroxyl groups is 1. The third kappa shape index (κ3) is 5.39. The molecule has 0 radical (unpaired) electrons. The van der Waals surface area contributed by atoms with Gasteiger partial charge in [-0.15, -0.1) is 10.2 Å². The molecule has 2 aromatic heterocycles. The van der Waals surface area contributed by atoms with Crippen LogP contribution in [0.15, 0.2) is 39.3 Å². The molecule has 3 aromatic rings. The van der Waals surface area contributed by atoms with Gasteiger partial charge < -0.3 is 18.9 Å². The van der Waals surface area contributed by atoms with Crippen molar-refractivity contribution >= 4 is 0 Å². The van der Waals surface area contributed by atoms with Crippen molar-refractivity contribution in [2.24, 2.45) is 5.92 Å². The molecule has 1 saturated heterocycles. The molecule has 1 unspecified atom stereocenters. The highest BCUT2D eigenvalue weighted by molar-refractivity contribution is 5.77. The fraction of sp³-hybridized carbons (Fsp3) is 0.522. The van der Waals surface area contributed by atoms with E-state index >= 15 is 0 Å². The largest absolute Gasteiger partial charge is 0.419 e. The van der Waals surface area contributed by atoms with Gasteiger partial charge in [0.05, 0.1) is 12.6 Å². The lowest BCUT2D eigenvalue weighted by Crippen LogP contribution is -2.40. The lowest BCUT2D eigenvalue weighted by atomic mass is 9.96. The first-order chi connectivity index (χ1) is 15.0. The SMILES string of the molecule is Cc1onc(-c2ccccc2)c1-c1nnc(CN(C)CC2CCN(CC(C)O)CC2)o1. The molecule has 0 aliphatic carbocycles. The zero-order chi connectivity index (χ0) is 21.8. The minimum Gasteiger partial charge on any atom is -0.419 e. The highest BCUT2D eigenvalue weighted by atomic mass is 16.5. The number of likely N-dealkylation sites (tertiary alicyclic amines) is 1. The van der Waals surface area contributed by atoms with Gasteiger partial charge in [0.15, 0.2) is 0 Å². The van der Waals surface area contributed by atoms with E-state index in [2.05, 4.69) is 32.2 Å². The van der Waals surface area contributed by atoms with E-state index in [1.807, 2.05) is 44.2 Å². The van der Waals surface area contributed by atoms with E-state index < -0.39 is 0 Å². The average Bonchev–Trinajstić information content (AvgIpc) is 3.35. The van der Waals surface area contributed by atoms with Crippen LogP contribution in [-0.4, -0.2) is 69.6 Å². The van der Waals surface area contributed by atoms with Gasteiger partial charge in [0.2, 0.25) is 5.89 Å². The Morgan fingerprint density at radius 1 is 1.19 bits per heavy atom. The summed E-state index contributed by atoms with van der Waals surface area (Å²) < 4.78 is 11.4. The van der Waals surface area contributed by atoms with Crippen LogP contribution in [0.2, 0.25) is 0 Å². The minimum atomic E-state index is -0.262. The number of rotatable bonds is 8. The summed E-state index contributed by atoms with van der Waals surface area (Å²) in [6, 6.07) is 9.86. The molecule has 8 heteroatoms. The van der Waals surface area contributed by atoms with E-state index in [-0.39, 0.29) is 6.10 Å². The van der Waals surface area contributed by atoms with Gasteiger partial charge in [0, 0.05) is 18.7 Å². The van der Waals surface area contributed by atoms with Crippen LogP contribution in [0.1, 0.15) is 31.4 Å². The van der Waals surface area contributed by atoms with Gasteiger partial charge in [0.1, 0.15) is 17.0 Å². The number of aromatic nitrogens is 3. The standard InChI is InChI=1S/C23H31N5O3/c1-16(29)13-28-11-9-18(10-12-28)14-27(3)15-20-24-25-23(30-20)21-17(2)31-26-22(21)19-7-5-4-6-8-19/h4-8,16,18,29H,9-15H2,1-3H3. The van der Waals surface area contributed by atoms with Crippen LogP contribution in [0.25, 0.3) is 22.7 Å². The number of benzene rings is 1. The van der Waals surface area contributed by atoms with Gasteiger partial charge in [-0.2, -0.15) is 0 Å². The molecule has 1 aliphatic rings. The van der Waals surface area contributed by atoms with Crippen molar-refractivity contribution < 1.29 is 14.0 Å². The molecule has 1 aromatic carbocycles. The molecule has 8 nitrogen and oxygen atoms in total. The lowest BCUT2D eigenvalue weighted by molar-refractivity contribution is 0.0911. The molecule has 1 fully saturated rings. The fourth-order valence-corrected chi connectivity index (χ4v) is 4.30. The van der Waals surface area contributed by atoms with Gasteiger partial charge in [-0.1, -0.05) is 35.5 Å². The zero-order valence-electron chi connectivity index (χ0n) is 18.5. The summed E-state index contributed by atoms with van der Waals surface area (Å²) in [6.07, 6.45) is 2.03. The Morgan fingerprint density at radius 2 is 1.94 bits per heavy atom. The Bertz CT molecular complexity index is 961. The van der Waals surface area contributed by atoms with Crippen LogP contribution in [0, 0.1) is 12.8 Å².